The Balaban J connectivity index is 1.93. The summed E-state index contributed by atoms with van der Waals surface area (Å²) in [6.07, 6.45) is 1.20. The van der Waals surface area contributed by atoms with Gasteiger partial charge in [-0.2, -0.15) is 0 Å². The molecule has 1 saturated heterocycles. The number of hydrogen-bond acceptors (Lipinski definition) is 3. The van der Waals surface area contributed by atoms with E-state index in [0.717, 1.165) is 5.71 Å². The number of oxime groups is 1. The molecule has 2 aliphatic rings. The van der Waals surface area contributed by atoms with Crippen molar-refractivity contribution in [3.05, 3.63) is 35.9 Å². The Morgan fingerprint density at radius 3 is 3.00 bits per heavy atom. The fraction of sp³-hybridized carbons (Fsp3) is 0.364. The molecule has 3 rings (SSSR count). The number of benzene rings is 1. The Kier molecular flexibility index (Phi) is 1.98. The van der Waals surface area contributed by atoms with Crippen molar-refractivity contribution in [1.82, 2.24) is 0 Å². The van der Waals surface area contributed by atoms with Crippen molar-refractivity contribution in [2.24, 2.45) is 11.1 Å². The van der Waals surface area contributed by atoms with Gasteiger partial charge in [0, 0.05) is 0 Å². The van der Waals surface area contributed by atoms with Crippen LogP contribution in [0, 0.1) is 5.92 Å². The molecule has 2 heterocycles. The molecule has 0 bridgehead atoms. The van der Waals surface area contributed by atoms with E-state index in [2.05, 4.69) is 17.3 Å². The Morgan fingerprint density at radius 2 is 2.14 bits per heavy atom. The van der Waals surface area contributed by atoms with Crippen LogP contribution < -0.4 is 0 Å². The van der Waals surface area contributed by atoms with E-state index in [0.29, 0.717) is 5.92 Å². The summed E-state index contributed by atoms with van der Waals surface area (Å²) >= 11 is 1.87. The summed E-state index contributed by atoms with van der Waals surface area (Å²) in [6.45, 7) is 0. The van der Waals surface area contributed by atoms with Crippen molar-refractivity contribution in [1.29, 1.82) is 0 Å². The zero-order valence-corrected chi connectivity index (χ0v) is 8.54. The fourth-order valence-corrected chi connectivity index (χ4v) is 3.21. The standard InChI is InChI=1S/C11H11NOS/c1-2-4-8(5-3-1)10-9-6-7-14-11(9)13-12-10/h1-5,9,11H,6-7H2. The Labute approximate surface area is 87.3 Å². The van der Waals surface area contributed by atoms with Crippen LogP contribution in [0.15, 0.2) is 35.5 Å². The minimum absolute atomic E-state index is 0.283. The van der Waals surface area contributed by atoms with Gasteiger partial charge in [-0.3, -0.25) is 0 Å². The molecule has 0 aromatic heterocycles. The van der Waals surface area contributed by atoms with Crippen LogP contribution in [0.3, 0.4) is 0 Å². The molecule has 0 saturated carbocycles. The van der Waals surface area contributed by atoms with Gasteiger partial charge >= 0.3 is 0 Å². The number of hydrogen-bond donors (Lipinski definition) is 0. The van der Waals surface area contributed by atoms with E-state index in [1.807, 2.05) is 30.0 Å². The normalized spacial score (nSPS) is 29.6. The van der Waals surface area contributed by atoms with Crippen molar-refractivity contribution in [3.8, 4) is 0 Å². The van der Waals surface area contributed by atoms with Crippen molar-refractivity contribution in [2.45, 2.75) is 11.9 Å². The van der Waals surface area contributed by atoms with Gasteiger partial charge in [0.15, 0.2) is 5.44 Å². The van der Waals surface area contributed by atoms with Gasteiger partial charge in [-0.05, 0) is 17.7 Å². The van der Waals surface area contributed by atoms with Gasteiger partial charge in [-0.1, -0.05) is 35.5 Å². The van der Waals surface area contributed by atoms with Crippen LogP contribution >= 0.6 is 11.8 Å². The third-order valence-electron chi connectivity index (χ3n) is 2.72. The second-order valence-electron chi connectivity index (χ2n) is 3.58. The summed E-state index contributed by atoms with van der Waals surface area (Å²) in [5, 5.41) is 4.19. The van der Waals surface area contributed by atoms with Crippen molar-refractivity contribution in [3.63, 3.8) is 0 Å². The van der Waals surface area contributed by atoms with Crippen LogP contribution in [-0.2, 0) is 4.84 Å². The van der Waals surface area contributed by atoms with Crippen LogP contribution in [0.5, 0.6) is 0 Å². The van der Waals surface area contributed by atoms with E-state index in [9.17, 15) is 0 Å². The van der Waals surface area contributed by atoms with Crippen LogP contribution in [0.25, 0.3) is 0 Å². The highest BCUT2D eigenvalue weighted by Gasteiger charge is 2.39. The summed E-state index contributed by atoms with van der Waals surface area (Å²) < 4.78 is 0. The summed E-state index contributed by atoms with van der Waals surface area (Å²) in [6, 6.07) is 10.3. The molecule has 72 valence electrons. The highest BCUT2D eigenvalue weighted by molar-refractivity contribution is 8.00. The zero-order valence-electron chi connectivity index (χ0n) is 7.72. The third kappa shape index (κ3) is 1.23. The second-order valence-corrected chi connectivity index (χ2v) is 4.79. The smallest absolute Gasteiger partial charge is 0.181 e. The maximum Gasteiger partial charge on any atom is 0.181 e. The molecule has 2 aliphatic heterocycles. The number of nitrogens with zero attached hydrogens (tertiary/aromatic N) is 1. The lowest BCUT2D eigenvalue weighted by Gasteiger charge is -2.07. The van der Waals surface area contributed by atoms with E-state index in [-0.39, 0.29) is 5.44 Å². The Hall–Kier alpha value is -0.960. The van der Waals surface area contributed by atoms with Crippen molar-refractivity contribution >= 4 is 17.5 Å². The summed E-state index contributed by atoms with van der Waals surface area (Å²) in [5.41, 5.74) is 2.63. The highest BCUT2D eigenvalue weighted by atomic mass is 32.2. The van der Waals surface area contributed by atoms with E-state index in [4.69, 9.17) is 4.84 Å². The molecule has 0 N–H and O–H groups in total. The van der Waals surface area contributed by atoms with Crippen LogP contribution in [0.2, 0.25) is 0 Å². The number of rotatable bonds is 1. The lowest BCUT2D eigenvalue weighted by Crippen LogP contribution is -2.16. The van der Waals surface area contributed by atoms with E-state index >= 15 is 0 Å². The molecule has 14 heavy (non-hydrogen) atoms. The molecule has 2 nitrogen and oxygen atoms in total. The van der Waals surface area contributed by atoms with Gasteiger partial charge in [0.25, 0.3) is 0 Å². The zero-order chi connectivity index (χ0) is 9.38. The largest absolute Gasteiger partial charge is 0.380 e. The molecule has 0 amide bonds. The Morgan fingerprint density at radius 1 is 1.29 bits per heavy atom. The first-order chi connectivity index (χ1) is 6.95. The Bertz CT molecular complexity index is 363. The first kappa shape index (κ1) is 8.36. The lowest BCUT2D eigenvalue weighted by molar-refractivity contribution is 0.132. The van der Waals surface area contributed by atoms with E-state index in [1.54, 1.807) is 0 Å². The van der Waals surface area contributed by atoms with Gasteiger partial charge in [0.2, 0.25) is 0 Å². The molecular formula is C11H11NOS. The summed E-state index contributed by atoms with van der Waals surface area (Å²) in [5.74, 6) is 1.71. The fourth-order valence-electron chi connectivity index (χ4n) is 1.99. The first-order valence-corrected chi connectivity index (χ1v) is 5.91. The van der Waals surface area contributed by atoms with E-state index in [1.165, 1.54) is 17.7 Å². The molecule has 0 radical (unpaired) electrons. The third-order valence-corrected chi connectivity index (χ3v) is 3.93. The van der Waals surface area contributed by atoms with Gasteiger partial charge in [-0.15, -0.1) is 11.8 Å². The van der Waals surface area contributed by atoms with Crippen LogP contribution in [0.1, 0.15) is 12.0 Å². The van der Waals surface area contributed by atoms with Gasteiger partial charge in [-0.25, -0.2) is 0 Å². The molecule has 1 aromatic carbocycles. The topological polar surface area (TPSA) is 21.6 Å². The quantitative estimate of drug-likeness (QED) is 0.702. The molecule has 1 aromatic rings. The number of fused-ring (bicyclic) bond motifs is 1. The predicted molar refractivity (Wildman–Crippen MR) is 58.4 cm³/mol. The van der Waals surface area contributed by atoms with E-state index < -0.39 is 0 Å². The van der Waals surface area contributed by atoms with Crippen molar-refractivity contribution < 1.29 is 4.84 Å². The molecule has 3 heteroatoms. The van der Waals surface area contributed by atoms with Gasteiger partial charge in [0.05, 0.1) is 11.6 Å². The average Bonchev–Trinajstić information content (AvgIpc) is 2.79. The van der Waals surface area contributed by atoms with Gasteiger partial charge in [0.1, 0.15) is 0 Å². The maximum atomic E-state index is 5.39. The monoisotopic (exact) mass is 205 g/mol. The molecular weight excluding hydrogens is 194 g/mol. The van der Waals surface area contributed by atoms with Crippen LogP contribution in [0.4, 0.5) is 0 Å². The molecule has 0 spiro atoms. The highest BCUT2D eigenvalue weighted by Crippen LogP contribution is 2.39. The lowest BCUT2D eigenvalue weighted by atomic mass is 9.96. The van der Waals surface area contributed by atoms with Crippen molar-refractivity contribution in [2.75, 3.05) is 5.75 Å². The molecule has 2 unspecified atom stereocenters. The second kappa shape index (κ2) is 3.31. The SMILES string of the molecule is c1ccc(C2=NOC3SCCC23)cc1. The van der Waals surface area contributed by atoms with Crippen LogP contribution in [-0.4, -0.2) is 16.9 Å². The number of thioether (sulfide) groups is 1. The maximum absolute atomic E-state index is 5.39. The first-order valence-electron chi connectivity index (χ1n) is 4.86. The van der Waals surface area contributed by atoms with Gasteiger partial charge < -0.3 is 4.84 Å². The predicted octanol–water partition coefficient (Wildman–Crippen LogP) is 2.50. The summed E-state index contributed by atoms with van der Waals surface area (Å²) in [4.78, 5) is 5.39. The molecule has 0 aliphatic carbocycles. The minimum atomic E-state index is 0.283. The average molecular weight is 205 g/mol. The molecule has 2 atom stereocenters. The minimum Gasteiger partial charge on any atom is -0.380 e. The summed E-state index contributed by atoms with van der Waals surface area (Å²) in [7, 11) is 0. The molecule has 1 fully saturated rings.